The number of fused-ring (bicyclic) bond motifs is 1. The van der Waals surface area contributed by atoms with Crippen LogP contribution in [0.15, 0.2) is 0 Å². The van der Waals surface area contributed by atoms with E-state index in [-0.39, 0.29) is 5.91 Å². The zero-order chi connectivity index (χ0) is 21.8. The third kappa shape index (κ3) is 5.66. The monoisotopic (exact) mass is 434 g/mol. The Morgan fingerprint density at radius 3 is 2.27 bits per heavy atom. The molecule has 2 atom stereocenters. The van der Waals surface area contributed by atoms with Crippen LogP contribution in [0, 0.1) is 11.3 Å². The molecular formula is C21H33F3N2O4. The molecule has 0 aromatic heterocycles. The molecule has 6 nitrogen and oxygen atoms in total. The van der Waals surface area contributed by atoms with Gasteiger partial charge in [-0.15, -0.1) is 0 Å². The Balaban J connectivity index is 0.000000318. The minimum absolute atomic E-state index is 0.207. The van der Waals surface area contributed by atoms with E-state index >= 15 is 0 Å². The van der Waals surface area contributed by atoms with Crippen molar-refractivity contribution in [2.24, 2.45) is 11.3 Å². The maximum absolute atomic E-state index is 12.2. The van der Waals surface area contributed by atoms with E-state index in [0.717, 1.165) is 44.5 Å². The first-order chi connectivity index (χ1) is 14.2. The molecule has 2 saturated carbocycles. The number of carboxylic acid groups (broad SMARTS) is 1. The number of amides is 1. The summed E-state index contributed by atoms with van der Waals surface area (Å²) in [5.41, 5.74) is 0.355. The summed E-state index contributed by atoms with van der Waals surface area (Å²) in [7, 11) is 0. The number of ether oxygens (including phenoxy) is 1. The van der Waals surface area contributed by atoms with Crippen LogP contribution in [0.3, 0.4) is 0 Å². The first kappa shape index (κ1) is 23.3. The third-order valence-electron chi connectivity index (χ3n) is 7.22. The van der Waals surface area contributed by atoms with Crippen molar-refractivity contribution in [2.45, 2.75) is 70.0 Å². The van der Waals surface area contributed by atoms with Crippen LogP contribution in [0.1, 0.15) is 57.8 Å². The lowest BCUT2D eigenvalue weighted by molar-refractivity contribution is -0.192. The van der Waals surface area contributed by atoms with Gasteiger partial charge in [0.25, 0.3) is 0 Å². The first-order valence-electron chi connectivity index (χ1n) is 11.1. The van der Waals surface area contributed by atoms with Crippen molar-refractivity contribution in [3.8, 4) is 0 Å². The summed E-state index contributed by atoms with van der Waals surface area (Å²) in [6, 6.07) is 0.837. The van der Waals surface area contributed by atoms with Crippen molar-refractivity contribution in [1.82, 2.24) is 9.80 Å². The summed E-state index contributed by atoms with van der Waals surface area (Å²) in [5.74, 6) is -1.74. The number of likely N-dealkylation sites (tertiary alicyclic amines) is 2. The predicted molar refractivity (Wildman–Crippen MR) is 104 cm³/mol. The molecule has 172 valence electrons. The Labute approximate surface area is 175 Å². The molecule has 0 spiro atoms. The van der Waals surface area contributed by atoms with E-state index in [1.54, 1.807) is 0 Å². The summed E-state index contributed by atoms with van der Waals surface area (Å²) in [5, 5.41) is 7.12. The van der Waals surface area contributed by atoms with Gasteiger partial charge < -0.3 is 14.7 Å². The average molecular weight is 434 g/mol. The van der Waals surface area contributed by atoms with Gasteiger partial charge in [0.1, 0.15) is 6.61 Å². The van der Waals surface area contributed by atoms with Gasteiger partial charge in [0.2, 0.25) is 5.91 Å². The van der Waals surface area contributed by atoms with Crippen molar-refractivity contribution < 1.29 is 32.6 Å². The molecule has 1 N–H and O–H groups in total. The van der Waals surface area contributed by atoms with Crippen LogP contribution in [-0.2, 0) is 14.3 Å². The zero-order valence-corrected chi connectivity index (χ0v) is 17.5. The van der Waals surface area contributed by atoms with Crippen LogP contribution in [-0.4, -0.2) is 78.4 Å². The van der Waals surface area contributed by atoms with Crippen LogP contribution in [0.4, 0.5) is 13.2 Å². The molecule has 4 fully saturated rings. The predicted octanol–water partition coefficient (Wildman–Crippen LogP) is 3.30. The maximum atomic E-state index is 12.2. The van der Waals surface area contributed by atoms with Gasteiger partial charge in [0.05, 0.1) is 6.61 Å². The molecule has 30 heavy (non-hydrogen) atoms. The second-order valence-electron chi connectivity index (χ2n) is 9.20. The average Bonchev–Trinajstić information content (AvgIpc) is 3.44. The summed E-state index contributed by atoms with van der Waals surface area (Å²) in [6.07, 6.45) is 6.90. The van der Waals surface area contributed by atoms with Gasteiger partial charge in [-0.2, -0.15) is 13.2 Å². The van der Waals surface area contributed by atoms with Gasteiger partial charge in [-0.1, -0.05) is 19.3 Å². The fourth-order valence-corrected chi connectivity index (χ4v) is 5.64. The van der Waals surface area contributed by atoms with E-state index in [4.69, 9.17) is 14.6 Å². The van der Waals surface area contributed by atoms with Crippen LogP contribution < -0.4 is 0 Å². The molecule has 0 aromatic carbocycles. The highest BCUT2D eigenvalue weighted by Crippen LogP contribution is 2.50. The van der Waals surface area contributed by atoms with Gasteiger partial charge in [-0.25, -0.2) is 4.79 Å². The Kier molecular flexibility index (Phi) is 7.66. The smallest absolute Gasteiger partial charge is 0.475 e. The fraction of sp³-hybridized carbons (Fsp3) is 0.905. The molecule has 0 bridgehead atoms. The van der Waals surface area contributed by atoms with Crippen LogP contribution >= 0.6 is 0 Å². The number of hydrogen-bond acceptors (Lipinski definition) is 4. The lowest BCUT2D eigenvalue weighted by Crippen LogP contribution is -2.37. The van der Waals surface area contributed by atoms with Crippen molar-refractivity contribution in [3.05, 3.63) is 0 Å². The minimum atomic E-state index is -5.08. The number of hydrogen-bond donors (Lipinski definition) is 1. The largest absolute Gasteiger partial charge is 0.490 e. The molecule has 0 radical (unpaired) electrons. The van der Waals surface area contributed by atoms with Crippen molar-refractivity contribution in [1.29, 1.82) is 0 Å². The second kappa shape index (κ2) is 9.85. The zero-order valence-electron chi connectivity index (χ0n) is 17.5. The number of carbonyl (C=O) groups is 2. The van der Waals surface area contributed by atoms with E-state index in [0.29, 0.717) is 12.0 Å². The number of halogens is 3. The normalized spacial score (nSPS) is 29.7. The third-order valence-corrected chi connectivity index (χ3v) is 7.22. The Morgan fingerprint density at radius 1 is 1.03 bits per heavy atom. The van der Waals surface area contributed by atoms with Gasteiger partial charge in [-0.05, 0) is 44.4 Å². The molecule has 4 rings (SSSR count). The van der Waals surface area contributed by atoms with E-state index in [1.807, 2.05) is 4.90 Å². The SMILES string of the molecule is O=C(COC[C@@]12CCC[C@@H]1CN(C1CCCC1)C2)N1CCCC1.O=C(O)C(F)(F)F. The summed E-state index contributed by atoms with van der Waals surface area (Å²) >= 11 is 0. The number of carboxylic acids is 1. The molecule has 1 amide bonds. The molecule has 4 aliphatic rings. The summed E-state index contributed by atoms with van der Waals surface area (Å²) in [4.78, 5) is 25.8. The van der Waals surface area contributed by atoms with Crippen molar-refractivity contribution in [3.63, 3.8) is 0 Å². The second-order valence-corrected chi connectivity index (χ2v) is 9.20. The number of aliphatic carboxylic acids is 1. The lowest BCUT2D eigenvalue weighted by atomic mass is 9.81. The maximum Gasteiger partial charge on any atom is 0.490 e. The van der Waals surface area contributed by atoms with Crippen LogP contribution in [0.25, 0.3) is 0 Å². The van der Waals surface area contributed by atoms with Crippen LogP contribution in [0.5, 0.6) is 0 Å². The van der Waals surface area contributed by atoms with Gasteiger partial charge in [0, 0.05) is 37.6 Å². The fourth-order valence-electron chi connectivity index (χ4n) is 5.64. The molecule has 9 heteroatoms. The standard InChI is InChI=1S/C19H32N2O2.C2HF3O2/c22-18(20-10-3-4-11-20)13-23-15-19-9-5-6-16(19)12-21(14-19)17-7-1-2-8-17;3-2(4,5)1(6)7/h16-17H,1-15H2;(H,6,7)/t16-,19+;/m1./s1. The Bertz CT molecular complexity index is 604. The van der Waals surface area contributed by atoms with Crippen molar-refractivity contribution in [2.75, 3.05) is 39.4 Å². The van der Waals surface area contributed by atoms with Gasteiger partial charge in [-0.3, -0.25) is 9.69 Å². The highest BCUT2D eigenvalue weighted by Gasteiger charge is 2.51. The minimum Gasteiger partial charge on any atom is -0.475 e. The Hall–Kier alpha value is -1.35. The van der Waals surface area contributed by atoms with E-state index < -0.39 is 12.1 Å². The van der Waals surface area contributed by atoms with E-state index in [2.05, 4.69) is 4.90 Å². The number of rotatable bonds is 5. The molecule has 2 aliphatic carbocycles. The summed E-state index contributed by atoms with van der Waals surface area (Å²) in [6.45, 7) is 5.49. The highest BCUT2D eigenvalue weighted by atomic mass is 19.4. The van der Waals surface area contributed by atoms with Gasteiger partial charge in [0.15, 0.2) is 0 Å². The molecular weight excluding hydrogens is 401 g/mol. The highest BCUT2D eigenvalue weighted by molar-refractivity contribution is 5.77. The molecule has 2 heterocycles. The molecule has 2 aliphatic heterocycles. The Morgan fingerprint density at radius 2 is 1.67 bits per heavy atom. The number of carbonyl (C=O) groups excluding carboxylic acids is 1. The number of nitrogens with zero attached hydrogens (tertiary/aromatic N) is 2. The van der Waals surface area contributed by atoms with E-state index in [1.165, 1.54) is 58.0 Å². The quantitative estimate of drug-likeness (QED) is 0.719. The van der Waals surface area contributed by atoms with Crippen molar-refractivity contribution >= 4 is 11.9 Å². The van der Waals surface area contributed by atoms with E-state index in [9.17, 15) is 18.0 Å². The van der Waals surface area contributed by atoms with Crippen LogP contribution in [0.2, 0.25) is 0 Å². The number of alkyl halides is 3. The summed E-state index contributed by atoms with van der Waals surface area (Å²) < 4.78 is 37.7. The lowest BCUT2D eigenvalue weighted by Gasteiger charge is -2.30. The first-order valence-corrected chi connectivity index (χ1v) is 11.1. The molecule has 0 unspecified atom stereocenters. The molecule has 2 saturated heterocycles. The molecule has 0 aromatic rings. The van der Waals surface area contributed by atoms with Gasteiger partial charge >= 0.3 is 12.1 Å². The topological polar surface area (TPSA) is 70.1 Å².